The van der Waals surface area contributed by atoms with Crippen LogP contribution < -0.4 is 0 Å². The van der Waals surface area contributed by atoms with Crippen LogP contribution >= 0.6 is 0 Å². The molecule has 0 atom stereocenters. The molecule has 88 valence electrons. The summed E-state index contributed by atoms with van der Waals surface area (Å²) in [5.74, 6) is 1.70. The molecule has 0 aromatic heterocycles. The van der Waals surface area contributed by atoms with Crippen LogP contribution in [-0.4, -0.2) is 0 Å². The Balaban J connectivity index is 0. The van der Waals surface area contributed by atoms with Gasteiger partial charge in [0.05, 0.1) is 0 Å². The third kappa shape index (κ3) is 8.59. The fraction of sp³-hybridized carbons (Fsp3) is 1.00. The van der Waals surface area contributed by atoms with Gasteiger partial charge in [0.25, 0.3) is 0 Å². The monoisotopic (exact) mass is 200 g/mol. The highest BCUT2D eigenvalue weighted by molar-refractivity contribution is 4.77. The van der Waals surface area contributed by atoms with Crippen molar-refractivity contribution < 1.29 is 0 Å². The van der Waals surface area contributed by atoms with E-state index in [9.17, 15) is 0 Å². The summed E-state index contributed by atoms with van der Waals surface area (Å²) in [5, 5.41) is 0. The summed E-state index contributed by atoms with van der Waals surface area (Å²) in [4.78, 5) is 0. The molecular formula is C14H32. The van der Waals surface area contributed by atoms with Crippen molar-refractivity contribution in [3.05, 3.63) is 0 Å². The van der Waals surface area contributed by atoms with Crippen molar-refractivity contribution >= 4 is 0 Å². The quantitative estimate of drug-likeness (QED) is 0.533. The average molecular weight is 200 g/mol. The predicted molar refractivity (Wildman–Crippen MR) is 68.6 cm³/mol. The minimum atomic E-state index is 0.437. The van der Waals surface area contributed by atoms with Crippen LogP contribution in [0.15, 0.2) is 0 Å². The molecule has 0 spiro atoms. The minimum Gasteiger partial charge on any atom is -0.0625 e. The van der Waals surface area contributed by atoms with Crippen LogP contribution in [0.5, 0.6) is 0 Å². The Morgan fingerprint density at radius 2 is 0.643 bits per heavy atom. The maximum atomic E-state index is 2.27. The standard InChI is InChI=1S/C8H18.C6H14/c1-7(2,3)8(4,5)6;1-5(2)6(3)4/h1-6H3;5-6H,1-4H3. The Bertz CT molecular complexity index is 109. The highest BCUT2D eigenvalue weighted by atomic mass is 14.3. The van der Waals surface area contributed by atoms with Gasteiger partial charge < -0.3 is 0 Å². The lowest BCUT2D eigenvalue weighted by Crippen LogP contribution is -2.25. The molecule has 14 heavy (non-hydrogen) atoms. The van der Waals surface area contributed by atoms with Gasteiger partial charge in [0.2, 0.25) is 0 Å². The molecule has 0 heterocycles. The maximum absolute atomic E-state index is 2.27. The second-order valence-corrected chi connectivity index (χ2v) is 6.99. The first kappa shape index (κ1) is 16.4. The molecule has 0 saturated carbocycles. The van der Waals surface area contributed by atoms with Crippen LogP contribution in [0.2, 0.25) is 0 Å². The van der Waals surface area contributed by atoms with Crippen molar-refractivity contribution in [2.75, 3.05) is 0 Å². The van der Waals surface area contributed by atoms with Gasteiger partial charge in [-0.05, 0) is 22.7 Å². The molecule has 0 aromatic rings. The van der Waals surface area contributed by atoms with Crippen LogP contribution in [0.3, 0.4) is 0 Å². The summed E-state index contributed by atoms with van der Waals surface area (Å²) in [5.41, 5.74) is 0.875. The maximum Gasteiger partial charge on any atom is -0.0334 e. The second kappa shape index (κ2) is 5.78. The Morgan fingerprint density at radius 1 is 0.500 bits per heavy atom. The molecule has 0 amide bonds. The normalized spacial score (nSPS) is 12.9. The molecule has 0 aliphatic heterocycles. The van der Waals surface area contributed by atoms with E-state index in [1.807, 2.05) is 0 Å². The van der Waals surface area contributed by atoms with Crippen molar-refractivity contribution in [2.24, 2.45) is 22.7 Å². The summed E-state index contributed by atoms with van der Waals surface area (Å²) in [6, 6.07) is 0. The van der Waals surface area contributed by atoms with Gasteiger partial charge in [-0.25, -0.2) is 0 Å². The van der Waals surface area contributed by atoms with E-state index in [-0.39, 0.29) is 0 Å². The summed E-state index contributed by atoms with van der Waals surface area (Å²) in [6.07, 6.45) is 0. The van der Waals surface area contributed by atoms with Gasteiger partial charge in [0, 0.05) is 0 Å². The molecule has 0 nitrogen and oxygen atoms in total. The molecule has 0 aliphatic carbocycles. The zero-order valence-corrected chi connectivity index (χ0v) is 12.2. The first-order valence-corrected chi connectivity index (χ1v) is 5.89. The van der Waals surface area contributed by atoms with Gasteiger partial charge in [-0.2, -0.15) is 0 Å². The van der Waals surface area contributed by atoms with Crippen LogP contribution in [0, 0.1) is 22.7 Å². The highest BCUT2D eigenvalue weighted by Gasteiger charge is 2.26. The smallest absolute Gasteiger partial charge is 0.0334 e. The Labute approximate surface area is 92.5 Å². The number of hydrogen-bond donors (Lipinski definition) is 0. The van der Waals surface area contributed by atoms with Crippen molar-refractivity contribution in [2.45, 2.75) is 69.2 Å². The van der Waals surface area contributed by atoms with Gasteiger partial charge in [-0.15, -0.1) is 0 Å². The lowest BCUT2D eigenvalue weighted by atomic mass is 9.71. The lowest BCUT2D eigenvalue weighted by Gasteiger charge is -2.34. The molecule has 0 unspecified atom stereocenters. The Hall–Kier alpha value is 0. The average Bonchev–Trinajstić information content (AvgIpc) is 1.83. The molecule has 0 saturated heterocycles. The second-order valence-electron chi connectivity index (χ2n) is 6.99. The van der Waals surface area contributed by atoms with Gasteiger partial charge in [-0.1, -0.05) is 69.2 Å². The van der Waals surface area contributed by atoms with Gasteiger partial charge in [0.1, 0.15) is 0 Å². The zero-order chi connectivity index (χ0) is 12.2. The highest BCUT2D eigenvalue weighted by Crippen LogP contribution is 2.36. The zero-order valence-electron chi connectivity index (χ0n) is 12.2. The predicted octanol–water partition coefficient (Wildman–Crippen LogP) is 5.38. The van der Waals surface area contributed by atoms with E-state index in [2.05, 4.69) is 69.2 Å². The third-order valence-corrected chi connectivity index (χ3v) is 3.58. The van der Waals surface area contributed by atoms with Crippen molar-refractivity contribution in [3.63, 3.8) is 0 Å². The number of hydrogen-bond acceptors (Lipinski definition) is 0. The SMILES string of the molecule is CC(C)(C)C(C)(C)C.CC(C)C(C)C. The van der Waals surface area contributed by atoms with Gasteiger partial charge >= 0.3 is 0 Å². The van der Waals surface area contributed by atoms with Crippen LogP contribution in [0.1, 0.15) is 69.2 Å². The summed E-state index contributed by atoms with van der Waals surface area (Å²) >= 11 is 0. The van der Waals surface area contributed by atoms with Crippen LogP contribution in [0.4, 0.5) is 0 Å². The van der Waals surface area contributed by atoms with Crippen LogP contribution in [0.25, 0.3) is 0 Å². The first-order valence-electron chi connectivity index (χ1n) is 5.89. The fourth-order valence-corrected chi connectivity index (χ4v) is 0. The molecule has 0 aliphatic rings. The topological polar surface area (TPSA) is 0 Å². The summed E-state index contributed by atoms with van der Waals surface area (Å²) in [6.45, 7) is 22.6. The molecule has 0 radical (unpaired) electrons. The van der Waals surface area contributed by atoms with E-state index in [1.165, 1.54) is 0 Å². The molecule has 0 bridgehead atoms. The van der Waals surface area contributed by atoms with Crippen molar-refractivity contribution in [1.29, 1.82) is 0 Å². The first-order chi connectivity index (χ1) is 5.89. The van der Waals surface area contributed by atoms with Crippen molar-refractivity contribution in [1.82, 2.24) is 0 Å². The van der Waals surface area contributed by atoms with E-state index in [4.69, 9.17) is 0 Å². The number of rotatable bonds is 1. The Kier molecular flexibility index (Phi) is 6.78. The van der Waals surface area contributed by atoms with Gasteiger partial charge in [0.15, 0.2) is 0 Å². The molecule has 0 heteroatoms. The summed E-state index contributed by atoms with van der Waals surface area (Å²) < 4.78 is 0. The molecule has 0 fully saturated rings. The third-order valence-electron chi connectivity index (χ3n) is 3.58. The summed E-state index contributed by atoms with van der Waals surface area (Å²) in [7, 11) is 0. The molecule has 0 N–H and O–H groups in total. The van der Waals surface area contributed by atoms with E-state index < -0.39 is 0 Å². The van der Waals surface area contributed by atoms with E-state index in [0.717, 1.165) is 11.8 Å². The Morgan fingerprint density at radius 3 is 0.643 bits per heavy atom. The molecular weight excluding hydrogens is 168 g/mol. The van der Waals surface area contributed by atoms with E-state index >= 15 is 0 Å². The van der Waals surface area contributed by atoms with E-state index in [0.29, 0.717) is 10.8 Å². The van der Waals surface area contributed by atoms with Crippen molar-refractivity contribution in [3.8, 4) is 0 Å². The van der Waals surface area contributed by atoms with Crippen LogP contribution in [-0.2, 0) is 0 Å². The largest absolute Gasteiger partial charge is 0.0625 e. The van der Waals surface area contributed by atoms with Gasteiger partial charge in [-0.3, -0.25) is 0 Å². The lowest BCUT2D eigenvalue weighted by molar-refractivity contribution is 0.157. The molecule has 0 aromatic carbocycles. The molecule has 0 rings (SSSR count). The fourth-order valence-electron chi connectivity index (χ4n) is 0. The minimum absolute atomic E-state index is 0.437. The van der Waals surface area contributed by atoms with E-state index in [1.54, 1.807) is 0 Å².